The Morgan fingerprint density at radius 1 is 0.714 bits per heavy atom. The average molecular weight is 559 g/mol. The third kappa shape index (κ3) is 6.68. The Balaban J connectivity index is 5.96. The Bertz CT molecular complexity index is 706. The van der Waals surface area contributed by atoms with E-state index in [9.17, 15) is 75.0 Å². The summed E-state index contributed by atoms with van der Waals surface area (Å²) in [5, 5.41) is 1.32. The van der Waals surface area contributed by atoms with Gasteiger partial charge in [-0.25, -0.2) is 9.18 Å². The van der Waals surface area contributed by atoms with Crippen molar-refractivity contribution in [3.63, 3.8) is 0 Å². The number of rotatable bonds is 13. The summed E-state index contributed by atoms with van der Waals surface area (Å²) in [7, 11) is 0. The first kappa shape index (κ1) is 33.1. The van der Waals surface area contributed by atoms with Crippen LogP contribution in [0.5, 0.6) is 0 Å². The van der Waals surface area contributed by atoms with E-state index in [1.165, 1.54) is 5.32 Å². The molecule has 0 radical (unpaired) electrons. The minimum atomic E-state index is -8.31. The van der Waals surface area contributed by atoms with Gasteiger partial charge in [-0.15, -0.1) is 0 Å². The monoisotopic (exact) mass is 559 g/mol. The number of alkyl carbamates (subject to hydrolysis) is 1. The minimum absolute atomic E-state index is 0.00274. The molecule has 0 saturated carbocycles. The van der Waals surface area contributed by atoms with Crippen LogP contribution in [0.25, 0.3) is 0 Å². The molecule has 0 bridgehead atoms. The average Bonchev–Trinajstić information content (AvgIpc) is 2.65. The lowest BCUT2D eigenvalue weighted by Crippen LogP contribution is -2.72. The van der Waals surface area contributed by atoms with E-state index in [1.54, 1.807) is 6.92 Å². The second-order valence-electron chi connectivity index (χ2n) is 7.10. The normalized spacial score (nSPS) is 15.7. The van der Waals surface area contributed by atoms with Crippen LogP contribution in [0.3, 0.4) is 0 Å². The number of alkyl halides is 16. The molecule has 0 aliphatic heterocycles. The molecule has 210 valence electrons. The number of carbonyl (C=O) groups is 1. The first-order valence-electron chi connectivity index (χ1n) is 9.28. The zero-order valence-electron chi connectivity index (χ0n) is 17.2. The standard InChI is InChI=1S/C16H17F16NO2/c1-2-3-4-5-6-33-9(34)35-16(31,32)15(29,30)14(27,28)13(25,26)12(23,24)11(21,22)8(17)7-10(18,19)20/h8H,2-7H2,1H3,(H,33,34). The van der Waals surface area contributed by atoms with Crippen LogP contribution in [0.1, 0.15) is 39.0 Å². The number of unbranched alkanes of at least 4 members (excludes halogenated alkanes) is 3. The van der Waals surface area contributed by atoms with Gasteiger partial charge in [0.2, 0.25) is 0 Å². The summed E-state index contributed by atoms with van der Waals surface area (Å²) in [6, 6.07) is 0. The molecule has 0 aliphatic rings. The number of halogens is 16. The first-order chi connectivity index (χ1) is 15.3. The summed E-state index contributed by atoms with van der Waals surface area (Å²) in [6.07, 6.45) is -23.3. The van der Waals surface area contributed by atoms with E-state index < -0.39 is 67.1 Å². The molecule has 0 aliphatic carbocycles. The molecule has 0 aromatic heterocycles. The molecule has 1 atom stereocenters. The van der Waals surface area contributed by atoms with Crippen LogP contribution < -0.4 is 5.32 Å². The molecule has 0 aromatic carbocycles. The summed E-state index contributed by atoms with van der Waals surface area (Å²) in [6.45, 7) is 1.12. The van der Waals surface area contributed by atoms with Crippen molar-refractivity contribution in [3.05, 3.63) is 0 Å². The maximum Gasteiger partial charge on any atom is 0.474 e. The van der Waals surface area contributed by atoms with Crippen molar-refractivity contribution in [3.8, 4) is 0 Å². The second kappa shape index (κ2) is 10.6. The summed E-state index contributed by atoms with van der Waals surface area (Å²) in [4.78, 5) is 11.1. The SMILES string of the molecule is CCCCCCNC(=O)OC(F)(F)C(F)(F)C(F)(F)C(F)(F)C(F)(F)C(F)(F)C(F)CC(F)(F)F. The van der Waals surface area contributed by atoms with Crippen molar-refractivity contribution in [2.45, 2.75) is 87.1 Å². The predicted octanol–water partition coefficient (Wildman–Crippen LogP) is 7.35. The third-order valence-corrected chi connectivity index (χ3v) is 4.29. The summed E-state index contributed by atoms with van der Waals surface area (Å²) in [5.41, 5.74) is 0. The largest absolute Gasteiger partial charge is 0.474 e. The zero-order chi connectivity index (χ0) is 28.3. The van der Waals surface area contributed by atoms with Gasteiger partial charge >= 0.3 is 48.0 Å². The van der Waals surface area contributed by atoms with Crippen molar-refractivity contribution >= 4 is 6.09 Å². The van der Waals surface area contributed by atoms with E-state index >= 15 is 0 Å². The van der Waals surface area contributed by atoms with E-state index in [-0.39, 0.29) is 6.42 Å². The van der Waals surface area contributed by atoms with Crippen LogP contribution in [0.4, 0.5) is 75.0 Å². The predicted molar refractivity (Wildman–Crippen MR) is 83.9 cm³/mol. The molecule has 0 saturated heterocycles. The lowest BCUT2D eigenvalue weighted by Gasteiger charge is -2.41. The van der Waals surface area contributed by atoms with Crippen molar-refractivity contribution < 1.29 is 79.8 Å². The first-order valence-corrected chi connectivity index (χ1v) is 9.28. The summed E-state index contributed by atoms with van der Waals surface area (Å²) in [5.74, 6) is -39.9. The number of nitrogens with one attached hydrogen (secondary N) is 1. The van der Waals surface area contributed by atoms with Gasteiger partial charge in [0.05, 0.1) is 6.42 Å². The Labute approximate surface area is 186 Å². The van der Waals surface area contributed by atoms with Crippen LogP contribution in [-0.4, -0.2) is 60.7 Å². The molecule has 1 unspecified atom stereocenters. The van der Waals surface area contributed by atoms with Crippen molar-refractivity contribution in [2.24, 2.45) is 0 Å². The molecule has 0 spiro atoms. The van der Waals surface area contributed by atoms with Gasteiger partial charge in [-0.2, -0.15) is 65.9 Å². The smallest absolute Gasteiger partial charge is 0.379 e. The van der Waals surface area contributed by atoms with Crippen LogP contribution in [-0.2, 0) is 4.74 Å². The highest BCUT2D eigenvalue weighted by molar-refractivity contribution is 5.67. The quantitative estimate of drug-likeness (QED) is 0.189. The van der Waals surface area contributed by atoms with Gasteiger partial charge < -0.3 is 10.1 Å². The summed E-state index contributed by atoms with van der Waals surface area (Å²) >= 11 is 0. The number of hydrogen-bond donors (Lipinski definition) is 1. The Morgan fingerprint density at radius 3 is 1.60 bits per heavy atom. The van der Waals surface area contributed by atoms with Gasteiger partial charge in [-0.05, 0) is 6.42 Å². The topological polar surface area (TPSA) is 38.3 Å². The lowest BCUT2D eigenvalue weighted by molar-refractivity contribution is -0.452. The molecule has 3 nitrogen and oxygen atoms in total. The molecule has 0 fully saturated rings. The van der Waals surface area contributed by atoms with Gasteiger partial charge in [0.25, 0.3) is 0 Å². The van der Waals surface area contributed by atoms with Gasteiger partial charge in [0, 0.05) is 6.54 Å². The third-order valence-electron chi connectivity index (χ3n) is 4.29. The van der Waals surface area contributed by atoms with Gasteiger partial charge in [0.15, 0.2) is 6.17 Å². The van der Waals surface area contributed by atoms with Gasteiger partial charge in [0.1, 0.15) is 0 Å². The van der Waals surface area contributed by atoms with Crippen LogP contribution in [0.2, 0.25) is 0 Å². The van der Waals surface area contributed by atoms with E-state index in [4.69, 9.17) is 0 Å². The fraction of sp³-hybridized carbons (Fsp3) is 0.938. The Hall–Kier alpha value is -1.85. The number of carbonyl (C=O) groups excluding carboxylic acids is 1. The number of hydrogen-bond acceptors (Lipinski definition) is 2. The van der Waals surface area contributed by atoms with E-state index in [0.29, 0.717) is 19.3 Å². The highest BCUT2D eigenvalue weighted by Crippen LogP contribution is 2.61. The Kier molecular flexibility index (Phi) is 10.1. The van der Waals surface area contributed by atoms with Crippen LogP contribution in [0, 0.1) is 0 Å². The molecule has 0 heterocycles. The molecule has 1 amide bonds. The fourth-order valence-electron chi connectivity index (χ4n) is 2.27. The van der Waals surface area contributed by atoms with Crippen molar-refractivity contribution in [1.29, 1.82) is 0 Å². The number of amides is 1. The maximum atomic E-state index is 13.6. The number of ether oxygens (including phenoxy) is 1. The highest BCUT2D eigenvalue weighted by Gasteiger charge is 2.92. The Morgan fingerprint density at radius 2 is 1.17 bits per heavy atom. The summed E-state index contributed by atoms with van der Waals surface area (Å²) < 4.78 is 213. The molecular formula is C16H17F16NO2. The molecular weight excluding hydrogens is 542 g/mol. The van der Waals surface area contributed by atoms with Gasteiger partial charge in [-0.1, -0.05) is 26.2 Å². The van der Waals surface area contributed by atoms with Crippen molar-refractivity contribution in [1.82, 2.24) is 5.32 Å². The maximum absolute atomic E-state index is 13.6. The lowest BCUT2D eigenvalue weighted by atomic mass is 9.91. The van der Waals surface area contributed by atoms with E-state index in [0.717, 1.165) is 0 Å². The van der Waals surface area contributed by atoms with Crippen LogP contribution >= 0.6 is 0 Å². The van der Waals surface area contributed by atoms with Crippen molar-refractivity contribution in [2.75, 3.05) is 6.54 Å². The zero-order valence-corrected chi connectivity index (χ0v) is 17.2. The molecule has 0 aromatic rings. The minimum Gasteiger partial charge on any atom is -0.379 e. The van der Waals surface area contributed by atoms with E-state index in [1.807, 2.05) is 0 Å². The highest BCUT2D eigenvalue weighted by atomic mass is 19.4. The van der Waals surface area contributed by atoms with Crippen LogP contribution in [0.15, 0.2) is 0 Å². The fourth-order valence-corrected chi connectivity index (χ4v) is 2.27. The molecule has 35 heavy (non-hydrogen) atoms. The molecule has 0 rings (SSSR count). The van der Waals surface area contributed by atoms with Gasteiger partial charge in [-0.3, -0.25) is 0 Å². The molecule has 1 N–H and O–H groups in total. The van der Waals surface area contributed by atoms with E-state index in [2.05, 4.69) is 4.74 Å². The second-order valence-corrected chi connectivity index (χ2v) is 7.10. The molecule has 19 heteroatoms.